The van der Waals surface area contributed by atoms with Gasteiger partial charge in [-0.3, -0.25) is 4.79 Å². The van der Waals surface area contributed by atoms with E-state index in [2.05, 4.69) is 13.0 Å². The summed E-state index contributed by atoms with van der Waals surface area (Å²) >= 11 is 1.55. The van der Waals surface area contributed by atoms with E-state index in [4.69, 9.17) is 5.26 Å². The van der Waals surface area contributed by atoms with Crippen molar-refractivity contribution in [1.29, 1.82) is 5.26 Å². The summed E-state index contributed by atoms with van der Waals surface area (Å²) in [7, 11) is 0. The van der Waals surface area contributed by atoms with Crippen LogP contribution >= 0.6 is 11.8 Å². The minimum atomic E-state index is 0.175. The van der Waals surface area contributed by atoms with E-state index in [-0.39, 0.29) is 5.91 Å². The van der Waals surface area contributed by atoms with Gasteiger partial charge >= 0.3 is 0 Å². The van der Waals surface area contributed by atoms with Crippen molar-refractivity contribution in [1.82, 2.24) is 4.90 Å². The molecular formula is C14H18N2OS. The third-order valence-corrected chi connectivity index (χ3v) is 3.11. The maximum atomic E-state index is 11.9. The summed E-state index contributed by atoms with van der Waals surface area (Å²) in [5.41, 5.74) is 1.72. The quantitative estimate of drug-likeness (QED) is 0.791. The third-order valence-electron chi connectivity index (χ3n) is 2.57. The molecule has 1 rings (SSSR count). The number of rotatable bonds is 6. The maximum absolute atomic E-state index is 11.9. The van der Waals surface area contributed by atoms with Crippen LogP contribution in [0.3, 0.4) is 0 Å². The van der Waals surface area contributed by atoms with Gasteiger partial charge in [-0.15, -0.1) is 0 Å². The summed E-state index contributed by atoms with van der Waals surface area (Å²) in [4.78, 5) is 13.8. The van der Waals surface area contributed by atoms with Crippen molar-refractivity contribution in [3.05, 3.63) is 35.4 Å². The van der Waals surface area contributed by atoms with Crippen LogP contribution in [0.4, 0.5) is 0 Å². The van der Waals surface area contributed by atoms with E-state index >= 15 is 0 Å². The molecule has 0 aliphatic carbocycles. The summed E-state index contributed by atoms with van der Waals surface area (Å²) in [5, 5.41) is 8.74. The Bertz CT molecular complexity index is 422. The first-order valence-electron chi connectivity index (χ1n) is 5.97. The van der Waals surface area contributed by atoms with Crippen LogP contribution in [0.25, 0.3) is 0 Å². The highest BCUT2D eigenvalue weighted by Gasteiger charge is 2.12. The molecule has 0 atom stereocenters. The maximum Gasteiger partial charge on any atom is 0.232 e. The molecular weight excluding hydrogens is 244 g/mol. The Balaban J connectivity index is 2.70. The molecule has 18 heavy (non-hydrogen) atoms. The van der Waals surface area contributed by atoms with Gasteiger partial charge in [-0.25, -0.2) is 0 Å². The highest BCUT2D eigenvalue weighted by Crippen LogP contribution is 2.09. The zero-order valence-corrected chi connectivity index (χ0v) is 11.7. The number of nitrogens with zero attached hydrogens (tertiary/aromatic N) is 2. The lowest BCUT2D eigenvalue weighted by Crippen LogP contribution is -2.32. The van der Waals surface area contributed by atoms with E-state index in [1.54, 1.807) is 23.9 Å². The van der Waals surface area contributed by atoms with Gasteiger partial charge in [-0.05, 0) is 30.4 Å². The smallest absolute Gasteiger partial charge is 0.232 e. The molecule has 0 saturated carbocycles. The van der Waals surface area contributed by atoms with Gasteiger partial charge in [-0.1, -0.05) is 19.1 Å². The number of hydrogen-bond acceptors (Lipinski definition) is 3. The van der Waals surface area contributed by atoms with Crippen molar-refractivity contribution in [2.24, 2.45) is 0 Å². The Morgan fingerprint density at radius 3 is 2.56 bits per heavy atom. The fraction of sp³-hybridized carbons (Fsp3) is 0.429. The second kappa shape index (κ2) is 7.78. The molecule has 0 aliphatic rings. The number of thioether (sulfide) groups is 1. The van der Waals surface area contributed by atoms with Gasteiger partial charge in [0.25, 0.3) is 0 Å². The van der Waals surface area contributed by atoms with Gasteiger partial charge in [0.2, 0.25) is 5.91 Å². The number of benzene rings is 1. The Morgan fingerprint density at radius 2 is 2.06 bits per heavy atom. The van der Waals surface area contributed by atoms with Crippen LogP contribution in [-0.4, -0.2) is 29.4 Å². The third kappa shape index (κ3) is 4.42. The molecule has 0 aliphatic heterocycles. The number of carbonyl (C=O) groups excluding carboxylic acids is 1. The molecule has 96 valence electrons. The lowest BCUT2D eigenvalue weighted by Gasteiger charge is -2.22. The van der Waals surface area contributed by atoms with Crippen molar-refractivity contribution in [3.63, 3.8) is 0 Å². The van der Waals surface area contributed by atoms with Crippen molar-refractivity contribution in [2.75, 3.05) is 18.6 Å². The van der Waals surface area contributed by atoms with E-state index in [9.17, 15) is 4.79 Å². The van der Waals surface area contributed by atoms with Gasteiger partial charge in [-0.2, -0.15) is 17.0 Å². The first kappa shape index (κ1) is 14.6. The lowest BCUT2D eigenvalue weighted by molar-refractivity contribution is -0.129. The molecule has 0 radical (unpaired) electrons. The van der Waals surface area contributed by atoms with Crippen LogP contribution < -0.4 is 0 Å². The molecule has 0 heterocycles. The standard InChI is InChI=1S/C14H18N2OS/c1-3-8-16(14(17)11-18-2)10-13-6-4-12(9-15)5-7-13/h4-7H,3,8,10-11H2,1-2H3. The second-order valence-electron chi connectivity index (χ2n) is 4.06. The molecule has 0 spiro atoms. The van der Waals surface area contributed by atoms with Gasteiger partial charge < -0.3 is 4.90 Å². The van der Waals surface area contributed by atoms with Crippen LogP contribution in [0.5, 0.6) is 0 Å². The molecule has 0 saturated heterocycles. The fourth-order valence-corrected chi connectivity index (χ4v) is 2.11. The molecule has 0 aromatic heterocycles. The zero-order valence-electron chi connectivity index (χ0n) is 10.8. The van der Waals surface area contributed by atoms with Crippen LogP contribution in [0, 0.1) is 11.3 Å². The topological polar surface area (TPSA) is 44.1 Å². The minimum absolute atomic E-state index is 0.175. The van der Waals surface area contributed by atoms with Crippen LogP contribution in [0.1, 0.15) is 24.5 Å². The second-order valence-corrected chi connectivity index (χ2v) is 4.92. The first-order chi connectivity index (χ1) is 8.71. The van der Waals surface area contributed by atoms with E-state index in [0.29, 0.717) is 17.9 Å². The van der Waals surface area contributed by atoms with Crippen LogP contribution in [-0.2, 0) is 11.3 Å². The Hall–Kier alpha value is -1.47. The fourth-order valence-electron chi connectivity index (χ4n) is 1.68. The van der Waals surface area contributed by atoms with Crippen molar-refractivity contribution >= 4 is 17.7 Å². The molecule has 1 amide bonds. The predicted molar refractivity (Wildman–Crippen MR) is 75.2 cm³/mol. The summed E-state index contributed by atoms with van der Waals surface area (Å²) in [5.74, 6) is 0.699. The van der Waals surface area contributed by atoms with Gasteiger partial charge in [0.05, 0.1) is 17.4 Å². The van der Waals surface area contributed by atoms with Crippen molar-refractivity contribution in [3.8, 4) is 6.07 Å². The van der Waals surface area contributed by atoms with E-state index in [1.165, 1.54) is 0 Å². The van der Waals surface area contributed by atoms with Crippen LogP contribution in [0.2, 0.25) is 0 Å². The van der Waals surface area contributed by atoms with Gasteiger partial charge in [0.1, 0.15) is 0 Å². The molecule has 1 aromatic rings. The van der Waals surface area contributed by atoms with E-state index < -0.39 is 0 Å². The number of carbonyl (C=O) groups is 1. The largest absolute Gasteiger partial charge is 0.338 e. The molecule has 1 aromatic carbocycles. The monoisotopic (exact) mass is 262 g/mol. The van der Waals surface area contributed by atoms with E-state index in [1.807, 2.05) is 23.3 Å². The van der Waals surface area contributed by atoms with Gasteiger partial charge in [0.15, 0.2) is 0 Å². The molecule has 0 unspecified atom stereocenters. The average Bonchev–Trinajstić information content (AvgIpc) is 2.39. The normalized spacial score (nSPS) is 9.83. The average molecular weight is 262 g/mol. The van der Waals surface area contributed by atoms with E-state index in [0.717, 1.165) is 18.5 Å². The summed E-state index contributed by atoms with van der Waals surface area (Å²) in [6.45, 7) is 3.47. The molecule has 0 fully saturated rings. The number of amides is 1. The summed E-state index contributed by atoms with van der Waals surface area (Å²) < 4.78 is 0. The Kier molecular flexibility index (Phi) is 6.31. The zero-order chi connectivity index (χ0) is 13.4. The van der Waals surface area contributed by atoms with Crippen molar-refractivity contribution in [2.45, 2.75) is 19.9 Å². The summed E-state index contributed by atoms with van der Waals surface area (Å²) in [6.07, 6.45) is 2.89. The Labute approximate surface area is 113 Å². The van der Waals surface area contributed by atoms with Gasteiger partial charge in [0, 0.05) is 13.1 Å². The SMILES string of the molecule is CCCN(Cc1ccc(C#N)cc1)C(=O)CSC. The summed E-state index contributed by atoms with van der Waals surface area (Å²) in [6, 6.07) is 9.49. The number of hydrogen-bond donors (Lipinski definition) is 0. The van der Waals surface area contributed by atoms with Crippen molar-refractivity contribution < 1.29 is 4.79 Å². The minimum Gasteiger partial charge on any atom is -0.338 e. The molecule has 0 bridgehead atoms. The lowest BCUT2D eigenvalue weighted by atomic mass is 10.1. The highest BCUT2D eigenvalue weighted by molar-refractivity contribution is 7.99. The first-order valence-corrected chi connectivity index (χ1v) is 7.36. The predicted octanol–water partition coefficient (Wildman–Crippen LogP) is 2.66. The molecule has 0 N–H and O–H groups in total. The number of nitriles is 1. The molecule has 4 heteroatoms. The van der Waals surface area contributed by atoms with Crippen LogP contribution in [0.15, 0.2) is 24.3 Å². The highest BCUT2D eigenvalue weighted by atomic mass is 32.2. The Morgan fingerprint density at radius 1 is 1.39 bits per heavy atom. The molecule has 3 nitrogen and oxygen atoms in total.